The molecule has 6 heteroatoms. The average Bonchev–Trinajstić information content (AvgIpc) is 2.16. The molecule has 67 valence electrons. The van der Waals surface area contributed by atoms with Gasteiger partial charge in [0.2, 0.25) is 0 Å². The molecule has 0 aliphatic rings. The number of rotatable bonds is 1. The van der Waals surface area contributed by atoms with Gasteiger partial charge in [-0.15, -0.1) is 0 Å². The van der Waals surface area contributed by atoms with Crippen molar-refractivity contribution >= 4 is 31.4 Å². The quantitative estimate of drug-likeness (QED) is 0.492. The van der Waals surface area contributed by atoms with Crippen LogP contribution in [0.2, 0.25) is 0 Å². The molecule has 0 fully saturated rings. The third kappa shape index (κ3) is 2.14. The van der Waals surface area contributed by atoms with Gasteiger partial charge in [0.15, 0.2) is 0 Å². The van der Waals surface area contributed by atoms with E-state index in [2.05, 4.69) is 30.1 Å². The van der Waals surface area contributed by atoms with Crippen LogP contribution in [-0.2, 0) is 32.7 Å². The number of nitrogens with zero attached hydrogens (tertiary/aromatic N) is 3. The van der Waals surface area contributed by atoms with E-state index in [1.54, 1.807) is 12.1 Å². The van der Waals surface area contributed by atoms with Crippen molar-refractivity contribution in [2.24, 2.45) is 4.74 Å². The number of nitrogens with two attached hydrogens (primary N) is 1. The molecule has 4 nitrogen and oxygen atoms in total. The molecular formula is C8H6N4PY-. The summed E-state index contributed by atoms with van der Waals surface area (Å²) in [5.74, 6) is 0.557. The molecule has 0 aliphatic carbocycles. The minimum Gasteiger partial charge on any atom is -0.400 e. The zero-order valence-corrected chi connectivity index (χ0v) is 11.1. The van der Waals surface area contributed by atoms with Crippen LogP contribution in [0.1, 0.15) is 0 Å². The topological polar surface area (TPSA) is 64.2 Å². The van der Waals surface area contributed by atoms with Crippen LogP contribution >= 0.6 is 9.03 Å². The van der Waals surface area contributed by atoms with E-state index in [1.807, 2.05) is 6.07 Å². The van der Waals surface area contributed by atoms with Gasteiger partial charge in [0.1, 0.15) is 0 Å². The summed E-state index contributed by atoms with van der Waals surface area (Å²) < 4.78 is 3.81. The van der Waals surface area contributed by atoms with Crippen molar-refractivity contribution < 1.29 is 32.7 Å². The predicted octanol–water partition coefficient (Wildman–Crippen LogP) is 1.97. The Hall–Kier alpha value is -0.436. The number of anilines is 1. The molecule has 2 aromatic rings. The summed E-state index contributed by atoms with van der Waals surface area (Å²) in [5.41, 5.74) is 7.01. The van der Waals surface area contributed by atoms with Crippen molar-refractivity contribution in [2.45, 2.75) is 0 Å². The van der Waals surface area contributed by atoms with Crippen molar-refractivity contribution in [3.63, 3.8) is 0 Å². The van der Waals surface area contributed by atoms with Crippen LogP contribution in [0.4, 0.5) is 11.5 Å². The molecule has 0 aliphatic heterocycles. The zero-order valence-electron chi connectivity index (χ0n) is 7.23. The standard InChI is InChI=1S/C8H6N4P.Y/c9-5-1-2-6-7(3-5)10-4-11-8(6)12-13;/h1-3,13H,9H2;/q-1;. The first-order valence-electron chi connectivity index (χ1n) is 3.62. The SMILES string of the molecule is Nc1ccc2c(N=P)n[c-]nc2c1.[Y]. The van der Waals surface area contributed by atoms with E-state index in [0.717, 1.165) is 10.9 Å². The first kappa shape index (κ1) is 11.6. The second-order valence-corrected chi connectivity index (χ2v) is 2.76. The minimum atomic E-state index is 0. The number of hydrogen-bond donors (Lipinski definition) is 1. The molecule has 0 atom stereocenters. The molecule has 0 bridgehead atoms. The predicted molar refractivity (Wildman–Crippen MR) is 53.2 cm³/mol. The first-order chi connectivity index (χ1) is 6.31. The second-order valence-electron chi connectivity index (χ2n) is 2.54. The van der Waals surface area contributed by atoms with Crippen molar-refractivity contribution in [3.8, 4) is 0 Å². The van der Waals surface area contributed by atoms with Gasteiger partial charge in [0.25, 0.3) is 0 Å². The fourth-order valence-corrected chi connectivity index (χ4v) is 1.27. The van der Waals surface area contributed by atoms with Gasteiger partial charge in [-0.05, 0) is 20.6 Å². The summed E-state index contributed by atoms with van der Waals surface area (Å²) in [7, 11) is 3.03. The smallest absolute Gasteiger partial charge is 0.0528 e. The van der Waals surface area contributed by atoms with Crippen LogP contribution in [0.15, 0.2) is 22.9 Å². The van der Waals surface area contributed by atoms with E-state index < -0.39 is 0 Å². The van der Waals surface area contributed by atoms with Gasteiger partial charge in [-0.25, -0.2) is 0 Å². The molecular weight excluding hydrogens is 272 g/mol. The van der Waals surface area contributed by atoms with Crippen molar-refractivity contribution in [3.05, 3.63) is 24.5 Å². The molecule has 2 N–H and O–H groups in total. The van der Waals surface area contributed by atoms with Crippen LogP contribution in [0, 0.1) is 6.33 Å². The van der Waals surface area contributed by atoms with E-state index in [9.17, 15) is 0 Å². The molecule has 2 rings (SSSR count). The Bertz CT molecular complexity index is 474. The number of aromatic nitrogens is 2. The van der Waals surface area contributed by atoms with E-state index in [4.69, 9.17) is 5.73 Å². The molecule has 1 radical (unpaired) electrons. The summed E-state index contributed by atoms with van der Waals surface area (Å²) in [6, 6.07) is 5.37. The van der Waals surface area contributed by atoms with Gasteiger partial charge in [0.05, 0.1) is 5.82 Å². The minimum absolute atomic E-state index is 0. The van der Waals surface area contributed by atoms with Crippen LogP contribution in [0.25, 0.3) is 10.9 Å². The molecule has 1 aromatic carbocycles. The molecule has 0 unspecified atom stereocenters. The van der Waals surface area contributed by atoms with E-state index in [1.165, 1.54) is 0 Å². The van der Waals surface area contributed by atoms with Crippen LogP contribution in [0.3, 0.4) is 0 Å². The molecule has 14 heavy (non-hydrogen) atoms. The van der Waals surface area contributed by atoms with Crippen LogP contribution in [0.5, 0.6) is 0 Å². The Morgan fingerprint density at radius 1 is 1.36 bits per heavy atom. The number of hydrogen-bond acceptors (Lipinski definition) is 4. The van der Waals surface area contributed by atoms with Gasteiger partial charge < -0.3 is 15.7 Å². The maximum atomic E-state index is 5.60. The maximum Gasteiger partial charge on any atom is 0.0528 e. The number of benzene rings is 1. The van der Waals surface area contributed by atoms with Gasteiger partial charge in [-0.3, -0.25) is 4.74 Å². The average molecular weight is 278 g/mol. The van der Waals surface area contributed by atoms with Gasteiger partial charge in [0, 0.05) is 44.7 Å². The van der Waals surface area contributed by atoms with Crippen molar-refractivity contribution in [1.82, 2.24) is 9.97 Å². The first-order valence-corrected chi connectivity index (χ1v) is 4.07. The van der Waals surface area contributed by atoms with Crippen molar-refractivity contribution in [2.75, 3.05) is 5.73 Å². The van der Waals surface area contributed by atoms with Gasteiger partial charge in [-0.1, -0.05) is 17.5 Å². The summed E-state index contributed by atoms with van der Waals surface area (Å²) >= 11 is 0. The molecule has 0 saturated carbocycles. The Balaban J connectivity index is 0.000000980. The maximum absolute atomic E-state index is 5.60. The largest absolute Gasteiger partial charge is 0.400 e. The third-order valence-electron chi connectivity index (χ3n) is 1.69. The van der Waals surface area contributed by atoms with E-state index >= 15 is 0 Å². The van der Waals surface area contributed by atoms with E-state index in [0.29, 0.717) is 11.5 Å². The summed E-state index contributed by atoms with van der Waals surface area (Å²) in [5, 5.41) is 0.850. The zero-order chi connectivity index (χ0) is 9.26. The van der Waals surface area contributed by atoms with E-state index in [-0.39, 0.29) is 32.7 Å². The molecule has 1 heterocycles. The van der Waals surface area contributed by atoms with Gasteiger partial charge in [-0.2, -0.15) is 0 Å². The normalized spacial score (nSPS) is 9.43. The summed E-state index contributed by atoms with van der Waals surface area (Å²) in [4.78, 5) is 7.82. The Morgan fingerprint density at radius 3 is 2.86 bits per heavy atom. The molecule has 0 saturated heterocycles. The second kappa shape index (κ2) is 4.88. The van der Waals surface area contributed by atoms with Gasteiger partial charge >= 0.3 is 0 Å². The number of fused-ring (bicyclic) bond motifs is 1. The number of nitrogen functional groups attached to an aromatic ring is 1. The summed E-state index contributed by atoms with van der Waals surface area (Å²) in [6.07, 6.45) is 2.50. The fourth-order valence-electron chi connectivity index (χ4n) is 1.10. The fraction of sp³-hybridized carbons (Fsp3) is 0. The summed E-state index contributed by atoms with van der Waals surface area (Å²) in [6.45, 7) is 0. The molecule has 1 aromatic heterocycles. The Labute approximate surface area is 109 Å². The Morgan fingerprint density at radius 2 is 2.14 bits per heavy atom. The Kier molecular flexibility index (Phi) is 4.05. The van der Waals surface area contributed by atoms with Crippen molar-refractivity contribution in [1.29, 1.82) is 0 Å². The van der Waals surface area contributed by atoms with Crippen LogP contribution < -0.4 is 5.73 Å². The third-order valence-corrected chi connectivity index (χ3v) is 1.91. The monoisotopic (exact) mass is 278 g/mol. The molecule has 0 amide bonds. The van der Waals surface area contributed by atoms with Crippen LogP contribution in [-0.4, -0.2) is 9.97 Å². The molecule has 0 spiro atoms.